The first kappa shape index (κ1) is 18.1. The minimum atomic E-state index is 0.0352. The zero-order valence-electron chi connectivity index (χ0n) is 16.7. The Hall–Kier alpha value is -2.94. The Bertz CT molecular complexity index is 993. The van der Waals surface area contributed by atoms with Gasteiger partial charge < -0.3 is 9.80 Å². The molecule has 1 aliphatic heterocycles. The van der Waals surface area contributed by atoms with Gasteiger partial charge in [0.25, 0.3) is 5.91 Å². The molecule has 1 unspecified atom stereocenters. The van der Waals surface area contributed by atoms with Crippen LogP contribution < -0.4 is 0 Å². The highest BCUT2D eigenvalue weighted by Crippen LogP contribution is 2.41. The van der Waals surface area contributed by atoms with E-state index in [0.717, 1.165) is 37.2 Å². The van der Waals surface area contributed by atoms with Crippen LogP contribution in [-0.2, 0) is 6.42 Å². The number of rotatable bonds is 4. The number of nitrogens with zero attached hydrogens (tertiary/aromatic N) is 5. The predicted molar refractivity (Wildman–Crippen MR) is 108 cm³/mol. The van der Waals surface area contributed by atoms with Crippen LogP contribution in [0.5, 0.6) is 0 Å². The number of hydrogen-bond acceptors (Lipinski definition) is 5. The molecule has 0 bridgehead atoms. The summed E-state index contributed by atoms with van der Waals surface area (Å²) in [4.78, 5) is 25.9. The second kappa shape index (κ2) is 7.14. The third-order valence-electron chi connectivity index (χ3n) is 6.64. The van der Waals surface area contributed by atoms with Crippen molar-refractivity contribution in [3.8, 4) is 6.19 Å². The quantitative estimate of drug-likeness (QED) is 0.754. The summed E-state index contributed by atoms with van der Waals surface area (Å²) >= 11 is 0. The van der Waals surface area contributed by atoms with Crippen molar-refractivity contribution in [2.24, 2.45) is 0 Å². The van der Waals surface area contributed by atoms with E-state index in [1.807, 2.05) is 25.4 Å². The van der Waals surface area contributed by atoms with Gasteiger partial charge in [-0.2, -0.15) is 5.26 Å². The highest BCUT2D eigenvalue weighted by Gasteiger charge is 2.32. The van der Waals surface area contributed by atoms with Gasteiger partial charge in [-0.15, -0.1) is 0 Å². The lowest BCUT2D eigenvalue weighted by Gasteiger charge is -2.24. The van der Waals surface area contributed by atoms with Crippen LogP contribution >= 0.6 is 0 Å². The Kier molecular flexibility index (Phi) is 4.46. The number of carbonyl (C=O) groups excluding carboxylic acids is 1. The minimum Gasteiger partial charge on any atom is -0.337 e. The lowest BCUT2D eigenvalue weighted by atomic mass is 9.98. The van der Waals surface area contributed by atoms with E-state index in [-0.39, 0.29) is 17.9 Å². The highest BCUT2D eigenvalue weighted by atomic mass is 16.2. The largest absolute Gasteiger partial charge is 0.337 e. The number of amides is 1. The molecule has 1 aromatic carbocycles. The molecule has 148 valence electrons. The van der Waals surface area contributed by atoms with Crippen LogP contribution in [-0.4, -0.2) is 51.9 Å². The van der Waals surface area contributed by atoms with Gasteiger partial charge in [0.2, 0.25) is 0 Å². The van der Waals surface area contributed by atoms with Gasteiger partial charge in [-0.3, -0.25) is 4.79 Å². The fourth-order valence-corrected chi connectivity index (χ4v) is 4.70. The topological polar surface area (TPSA) is 73.1 Å². The highest BCUT2D eigenvalue weighted by molar-refractivity contribution is 5.94. The first-order valence-corrected chi connectivity index (χ1v) is 10.5. The van der Waals surface area contributed by atoms with Gasteiger partial charge in [-0.05, 0) is 61.4 Å². The summed E-state index contributed by atoms with van der Waals surface area (Å²) < 4.78 is 0. The number of aromatic nitrogens is 2. The van der Waals surface area contributed by atoms with Crippen LogP contribution in [0.1, 0.15) is 70.5 Å². The van der Waals surface area contributed by atoms with Gasteiger partial charge >= 0.3 is 0 Å². The molecule has 6 nitrogen and oxygen atoms in total. The Labute approximate surface area is 171 Å². The van der Waals surface area contributed by atoms with Crippen molar-refractivity contribution >= 4 is 5.91 Å². The van der Waals surface area contributed by atoms with Gasteiger partial charge in [0.1, 0.15) is 5.82 Å². The first-order valence-electron chi connectivity index (χ1n) is 10.5. The number of hydrogen-bond donors (Lipinski definition) is 0. The molecule has 2 aliphatic carbocycles. The molecule has 0 radical (unpaired) electrons. The molecular formula is C23H25N5O. The Morgan fingerprint density at radius 3 is 2.86 bits per heavy atom. The molecule has 1 aromatic heterocycles. The maximum atomic E-state index is 13.0. The summed E-state index contributed by atoms with van der Waals surface area (Å²) in [6.45, 7) is 1.35. The summed E-state index contributed by atoms with van der Waals surface area (Å²) in [5.74, 6) is 1.81. The van der Waals surface area contributed by atoms with Crippen LogP contribution in [0.25, 0.3) is 0 Å². The van der Waals surface area contributed by atoms with Crippen molar-refractivity contribution < 1.29 is 4.79 Å². The maximum absolute atomic E-state index is 13.0. The van der Waals surface area contributed by atoms with E-state index in [0.29, 0.717) is 12.5 Å². The van der Waals surface area contributed by atoms with Gasteiger partial charge in [0.05, 0.1) is 6.04 Å². The van der Waals surface area contributed by atoms with Crippen molar-refractivity contribution in [1.82, 2.24) is 19.8 Å². The smallest absolute Gasteiger partial charge is 0.253 e. The first-order chi connectivity index (χ1) is 14.1. The van der Waals surface area contributed by atoms with E-state index >= 15 is 0 Å². The van der Waals surface area contributed by atoms with Gasteiger partial charge in [0, 0.05) is 49.4 Å². The molecule has 5 rings (SSSR count). The predicted octanol–water partition coefficient (Wildman–Crippen LogP) is 3.06. The molecule has 1 saturated heterocycles. The third kappa shape index (κ3) is 3.35. The normalized spacial score (nSPS) is 23.0. The van der Waals surface area contributed by atoms with Crippen LogP contribution in [0.3, 0.4) is 0 Å². The summed E-state index contributed by atoms with van der Waals surface area (Å²) in [5.41, 5.74) is 4.41. The van der Waals surface area contributed by atoms with E-state index in [2.05, 4.69) is 23.3 Å². The fraction of sp³-hybridized carbons (Fsp3) is 0.478. The zero-order chi connectivity index (χ0) is 20.0. The number of likely N-dealkylation sites (N-methyl/N-ethyl adjacent to an activating group) is 1. The standard InChI is InChI=1S/C23H25N5O/c1-27(18-9-11-28(13-18)14-24)23(29)17-5-6-19-16(12-17)4-7-20(19)22-25-10-8-21(26-22)15-2-3-15/h5-6,8,10,12,15,18,20H,2-4,7,9,11,13H2,1H3/t18-,20?/m1/s1. The lowest BCUT2D eigenvalue weighted by Crippen LogP contribution is -2.38. The average molecular weight is 387 g/mol. The number of fused-ring (bicyclic) bond motifs is 1. The number of benzene rings is 1. The lowest BCUT2D eigenvalue weighted by molar-refractivity contribution is 0.0739. The average Bonchev–Trinajstić information content (AvgIpc) is 3.35. The van der Waals surface area contributed by atoms with E-state index in [9.17, 15) is 4.79 Å². The van der Waals surface area contributed by atoms with Crippen LogP contribution in [0.2, 0.25) is 0 Å². The van der Waals surface area contributed by atoms with Crippen molar-refractivity contribution in [3.63, 3.8) is 0 Å². The summed E-state index contributed by atoms with van der Waals surface area (Å²) in [6, 6.07) is 8.23. The molecule has 1 amide bonds. The van der Waals surface area contributed by atoms with E-state index < -0.39 is 0 Å². The molecule has 2 fully saturated rings. The summed E-state index contributed by atoms with van der Waals surface area (Å²) in [7, 11) is 1.85. The van der Waals surface area contributed by atoms with Crippen molar-refractivity contribution in [3.05, 3.63) is 58.7 Å². The molecule has 29 heavy (non-hydrogen) atoms. The number of nitriles is 1. The molecule has 2 aromatic rings. The van der Waals surface area contributed by atoms with Crippen molar-refractivity contribution in [1.29, 1.82) is 5.26 Å². The van der Waals surface area contributed by atoms with Gasteiger partial charge in [0.15, 0.2) is 6.19 Å². The van der Waals surface area contributed by atoms with Crippen LogP contribution in [0.4, 0.5) is 0 Å². The number of carbonyl (C=O) groups is 1. The van der Waals surface area contributed by atoms with E-state index in [4.69, 9.17) is 10.2 Å². The summed E-state index contributed by atoms with van der Waals surface area (Å²) in [6.07, 6.45) is 9.35. The Morgan fingerprint density at radius 1 is 1.24 bits per heavy atom. The van der Waals surface area contributed by atoms with Gasteiger partial charge in [-0.25, -0.2) is 9.97 Å². The monoisotopic (exact) mass is 387 g/mol. The van der Waals surface area contributed by atoms with E-state index in [1.54, 1.807) is 9.80 Å². The second-order valence-corrected chi connectivity index (χ2v) is 8.52. The number of likely N-dealkylation sites (tertiary alicyclic amines) is 1. The van der Waals surface area contributed by atoms with E-state index in [1.165, 1.54) is 29.7 Å². The molecule has 0 N–H and O–H groups in total. The number of aryl methyl sites for hydroxylation is 1. The molecule has 0 spiro atoms. The molecular weight excluding hydrogens is 362 g/mol. The molecule has 3 aliphatic rings. The maximum Gasteiger partial charge on any atom is 0.253 e. The minimum absolute atomic E-state index is 0.0352. The molecule has 6 heteroatoms. The van der Waals surface area contributed by atoms with Crippen molar-refractivity contribution in [2.75, 3.05) is 20.1 Å². The van der Waals surface area contributed by atoms with Crippen LogP contribution in [0, 0.1) is 11.5 Å². The summed E-state index contributed by atoms with van der Waals surface area (Å²) in [5, 5.41) is 9.06. The SMILES string of the molecule is CN(C(=O)c1ccc2c(c1)CCC2c1nccc(C2CC2)n1)[C@@H]1CCN(C#N)C1. The van der Waals surface area contributed by atoms with Gasteiger partial charge in [-0.1, -0.05) is 6.07 Å². The Morgan fingerprint density at radius 2 is 2.10 bits per heavy atom. The molecule has 2 atom stereocenters. The van der Waals surface area contributed by atoms with Crippen molar-refractivity contribution in [2.45, 2.75) is 50.0 Å². The van der Waals surface area contributed by atoms with Crippen LogP contribution in [0.15, 0.2) is 30.5 Å². The third-order valence-corrected chi connectivity index (χ3v) is 6.64. The Balaban J connectivity index is 1.35. The molecule has 1 saturated carbocycles. The fourth-order valence-electron chi connectivity index (χ4n) is 4.70. The molecule has 2 heterocycles. The second-order valence-electron chi connectivity index (χ2n) is 8.52. The zero-order valence-corrected chi connectivity index (χ0v) is 16.7.